The van der Waals surface area contributed by atoms with E-state index in [0.29, 0.717) is 10.0 Å². The summed E-state index contributed by atoms with van der Waals surface area (Å²) in [6.45, 7) is 1.47. The SMILES string of the molecule is C[C@@H](NC(=O)COC(=O)Cc1c[nH]c2ccccc12)c1ccc(Cl)c(Cl)c1. The van der Waals surface area contributed by atoms with E-state index in [4.69, 9.17) is 27.9 Å². The number of fused-ring (bicyclic) bond motifs is 1. The van der Waals surface area contributed by atoms with Crippen LogP contribution in [-0.4, -0.2) is 23.5 Å². The second-order valence-electron chi connectivity index (χ2n) is 6.16. The normalized spacial score (nSPS) is 12.0. The Kier molecular flexibility index (Phi) is 6.04. The van der Waals surface area contributed by atoms with Gasteiger partial charge in [0.2, 0.25) is 0 Å². The number of nitrogens with one attached hydrogen (secondary N) is 2. The maximum atomic E-state index is 12.0. The van der Waals surface area contributed by atoms with Gasteiger partial charge in [-0.3, -0.25) is 9.59 Å². The molecule has 2 N–H and O–H groups in total. The molecule has 2 aromatic carbocycles. The van der Waals surface area contributed by atoms with Crippen LogP contribution in [0.4, 0.5) is 0 Å². The van der Waals surface area contributed by atoms with Crippen LogP contribution in [0.2, 0.25) is 10.0 Å². The average Bonchev–Trinajstić information content (AvgIpc) is 3.05. The van der Waals surface area contributed by atoms with Gasteiger partial charge in [0, 0.05) is 17.1 Å². The van der Waals surface area contributed by atoms with Crippen molar-refractivity contribution < 1.29 is 14.3 Å². The van der Waals surface area contributed by atoms with E-state index in [2.05, 4.69) is 10.3 Å². The van der Waals surface area contributed by atoms with Crippen LogP contribution in [0, 0.1) is 0 Å². The molecular weight excluding hydrogens is 387 g/mol. The molecule has 27 heavy (non-hydrogen) atoms. The number of ether oxygens (including phenoxy) is 1. The van der Waals surface area contributed by atoms with Crippen molar-refractivity contribution in [2.75, 3.05) is 6.61 Å². The number of para-hydroxylation sites is 1. The Balaban J connectivity index is 1.51. The van der Waals surface area contributed by atoms with Crippen LogP contribution < -0.4 is 5.32 Å². The van der Waals surface area contributed by atoms with Crippen molar-refractivity contribution in [3.05, 3.63) is 69.8 Å². The molecule has 1 atom stereocenters. The molecule has 0 radical (unpaired) electrons. The maximum Gasteiger partial charge on any atom is 0.310 e. The van der Waals surface area contributed by atoms with Gasteiger partial charge in [-0.05, 0) is 36.2 Å². The van der Waals surface area contributed by atoms with Gasteiger partial charge >= 0.3 is 5.97 Å². The number of esters is 1. The summed E-state index contributed by atoms with van der Waals surface area (Å²) < 4.78 is 5.09. The summed E-state index contributed by atoms with van der Waals surface area (Å²) in [6, 6.07) is 12.5. The largest absolute Gasteiger partial charge is 0.455 e. The van der Waals surface area contributed by atoms with Crippen LogP contribution >= 0.6 is 23.2 Å². The molecule has 1 heterocycles. The summed E-state index contributed by atoms with van der Waals surface area (Å²) in [5, 5.41) is 4.59. The second-order valence-corrected chi connectivity index (χ2v) is 6.97. The average molecular weight is 405 g/mol. The van der Waals surface area contributed by atoms with Gasteiger partial charge in [0.15, 0.2) is 6.61 Å². The highest BCUT2D eigenvalue weighted by Crippen LogP contribution is 2.25. The minimum absolute atomic E-state index is 0.0969. The predicted octanol–water partition coefficient (Wildman–Crippen LogP) is 4.44. The molecule has 7 heteroatoms. The fraction of sp³-hybridized carbons (Fsp3) is 0.200. The first kappa shape index (κ1) is 19.3. The van der Waals surface area contributed by atoms with Crippen LogP contribution in [0.1, 0.15) is 24.1 Å². The van der Waals surface area contributed by atoms with Crippen LogP contribution in [0.15, 0.2) is 48.7 Å². The molecule has 0 aliphatic carbocycles. The Morgan fingerprint density at radius 1 is 1.15 bits per heavy atom. The number of hydrogen-bond acceptors (Lipinski definition) is 3. The van der Waals surface area contributed by atoms with Gasteiger partial charge in [0.25, 0.3) is 5.91 Å². The molecule has 3 rings (SSSR count). The number of carbonyl (C=O) groups excluding carboxylic acids is 2. The summed E-state index contributed by atoms with van der Waals surface area (Å²) in [6.07, 6.45) is 1.87. The summed E-state index contributed by atoms with van der Waals surface area (Å²) in [4.78, 5) is 27.2. The van der Waals surface area contributed by atoms with Gasteiger partial charge in [-0.2, -0.15) is 0 Å². The molecule has 1 amide bonds. The minimum Gasteiger partial charge on any atom is -0.455 e. The van der Waals surface area contributed by atoms with Crippen molar-refractivity contribution in [3.8, 4) is 0 Å². The van der Waals surface area contributed by atoms with Gasteiger partial charge in [-0.1, -0.05) is 47.5 Å². The van der Waals surface area contributed by atoms with E-state index < -0.39 is 5.97 Å². The van der Waals surface area contributed by atoms with Gasteiger partial charge in [-0.15, -0.1) is 0 Å². The van der Waals surface area contributed by atoms with Crippen LogP contribution in [0.5, 0.6) is 0 Å². The van der Waals surface area contributed by atoms with E-state index in [1.807, 2.05) is 31.2 Å². The summed E-state index contributed by atoms with van der Waals surface area (Å²) in [7, 11) is 0. The number of H-pyrrole nitrogens is 1. The Morgan fingerprint density at radius 2 is 1.93 bits per heavy atom. The number of rotatable bonds is 6. The standard InChI is InChI=1S/C20H18Cl2N2O3/c1-12(13-6-7-16(21)17(22)8-13)24-19(25)11-27-20(26)9-14-10-23-18-5-3-2-4-15(14)18/h2-8,10,12,23H,9,11H2,1H3,(H,24,25)/t12-/m1/s1. The lowest BCUT2D eigenvalue weighted by Gasteiger charge is -2.15. The number of aromatic amines is 1. The zero-order valence-corrected chi connectivity index (χ0v) is 16.1. The topological polar surface area (TPSA) is 71.2 Å². The van der Waals surface area contributed by atoms with Crippen molar-refractivity contribution >= 4 is 46.0 Å². The van der Waals surface area contributed by atoms with Crippen LogP contribution in [0.25, 0.3) is 10.9 Å². The lowest BCUT2D eigenvalue weighted by Crippen LogP contribution is -2.31. The first-order chi connectivity index (χ1) is 12.9. The Morgan fingerprint density at radius 3 is 2.70 bits per heavy atom. The molecule has 140 valence electrons. The van der Waals surface area contributed by atoms with E-state index >= 15 is 0 Å². The van der Waals surface area contributed by atoms with Gasteiger partial charge < -0.3 is 15.0 Å². The minimum atomic E-state index is -0.461. The number of halogens is 2. The molecule has 0 saturated carbocycles. The molecule has 0 aliphatic heterocycles. The first-order valence-electron chi connectivity index (χ1n) is 8.39. The van der Waals surface area contributed by atoms with Gasteiger partial charge in [0.1, 0.15) is 0 Å². The van der Waals surface area contributed by atoms with Gasteiger partial charge in [-0.25, -0.2) is 0 Å². The third-order valence-electron chi connectivity index (χ3n) is 4.20. The summed E-state index contributed by atoms with van der Waals surface area (Å²) in [5.74, 6) is -0.849. The highest BCUT2D eigenvalue weighted by atomic mass is 35.5. The number of amides is 1. The number of benzene rings is 2. The van der Waals surface area contributed by atoms with Crippen molar-refractivity contribution in [2.24, 2.45) is 0 Å². The molecular formula is C20H18Cl2N2O3. The third-order valence-corrected chi connectivity index (χ3v) is 4.93. The Hall–Kier alpha value is -2.50. The molecule has 0 bridgehead atoms. The Labute approximate surface area is 166 Å². The van der Waals surface area contributed by atoms with E-state index in [1.165, 1.54) is 0 Å². The summed E-state index contributed by atoms with van der Waals surface area (Å²) in [5.41, 5.74) is 2.59. The molecule has 0 saturated heterocycles. The number of hydrogen-bond donors (Lipinski definition) is 2. The molecule has 0 aliphatic rings. The quantitative estimate of drug-likeness (QED) is 0.596. The maximum absolute atomic E-state index is 12.0. The highest BCUT2D eigenvalue weighted by Gasteiger charge is 2.14. The molecule has 1 aromatic heterocycles. The van der Waals surface area contributed by atoms with Crippen LogP contribution in [-0.2, 0) is 20.7 Å². The molecule has 3 aromatic rings. The van der Waals surface area contributed by atoms with Gasteiger partial charge in [0.05, 0.1) is 22.5 Å². The predicted molar refractivity (Wildman–Crippen MR) is 106 cm³/mol. The monoisotopic (exact) mass is 404 g/mol. The Bertz CT molecular complexity index is 984. The fourth-order valence-corrected chi connectivity index (χ4v) is 3.09. The van der Waals surface area contributed by atoms with Crippen molar-refractivity contribution in [3.63, 3.8) is 0 Å². The molecule has 0 unspecified atom stereocenters. The molecule has 5 nitrogen and oxygen atoms in total. The van der Waals surface area contributed by atoms with E-state index in [-0.39, 0.29) is 25.0 Å². The lowest BCUT2D eigenvalue weighted by atomic mass is 10.1. The highest BCUT2D eigenvalue weighted by molar-refractivity contribution is 6.42. The van der Waals surface area contributed by atoms with E-state index in [9.17, 15) is 9.59 Å². The zero-order valence-electron chi connectivity index (χ0n) is 14.6. The van der Waals surface area contributed by atoms with Crippen LogP contribution in [0.3, 0.4) is 0 Å². The van der Waals surface area contributed by atoms with Crippen molar-refractivity contribution in [1.82, 2.24) is 10.3 Å². The second kappa shape index (κ2) is 8.46. The van der Waals surface area contributed by atoms with Crippen molar-refractivity contribution in [2.45, 2.75) is 19.4 Å². The molecule has 0 fully saturated rings. The fourth-order valence-electron chi connectivity index (χ4n) is 2.78. The number of carbonyl (C=O) groups is 2. The first-order valence-corrected chi connectivity index (χ1v) is 9.14. The third kappa shape index (κ3) is 4.81. The lowest BCUT2D eigenvalue weighted by molar-refractivity contribution is -0.148. The zero-order chi connectivity index (χ0) is 19.4. The summed E-state index contributed by atoms with van der Waals surface area (Å²) >= 11 is 11.9. The van der Waals surface area contributed by atoms with E-state index in [1.54, 1.807) is 24.4 Å². The number of aromatic nitrogens is 1. The van der Waals surface area contributed by atoms with Crippen molar-refractivity contribution in [1.29, 1.82) is 0 Å². The smallest absolute Gasteiger partial charge is 0.310 e. The molecule has 0 spiro atoms. The van der Waals surface area contributed by atoms with E-state index in [0.717, 1.165) is 22.0 Å².